The summed E-state index contributed by atoms with van der Waals surface area (Å²) in [5.74, 6) is 0.284. The largest absolute Gasteiger partial charge is 0.497 e. The number of nitrogens with one attached hydrogen (secondary N) is 1. The summed E-state index contributed by atoms with van der Waals surface area (Å²) in [4.78, 5) is 30.1. The third kappa shape index (κ3) is 4.51. The van der Waals surface area contributed by atoms with Gasteiger partial charge in [-0.1, -0.05) is 11.6 Å². The van der Waals surface area contributed by atoms with E-state index in [1.165, 1.54) is 24.3 Å². The van der Waals surface area contributed by atoms with E-state index in [2.05, 4.69) is 10.3 Å². The van der Waals surface area contributed by atoms with Crippen LogP contribution in [0.25, 0.3) is 0 Å². The summed E-state index contributed by atoms with van der Waals surface area (Å²) in [5.41, 5.74) is 1.51. The van der Waals surface area contributed by atoms with E-state index in [4.69, 9.17) is 21.6 Å². The van der Waals surface area contributed by atoms with Gasteiger partial charge in [-0.15, -0.1) is 0 Å². The highest BCUT2D eigenvalue weighted by Crippen LogP contribution is 2.31. The van der Waals surface area contributed by atoms with Gasteiger partial charge < -0.3 is 10.1 Å². The predicted octanol–water partition coefficient (Wildman–Crippen LogP) is 4.16. The van der Waals surface area contributed by atoms with Crippen molar-refractivity contribution in [1.82, 2.24) is 4.98 Å². The molecule has 1 aromatic heterocycles. The molecule has 3 rings (SSSR count). The van der Waals surface area contributed by atoms with Crippen molar-refractivity contribution in [3.8, 4) is 11.8 Å². The number of halogens is 1. The molecule has 0 aliphatic rings. The van der Waals surface area contributed by atoms with Crippen LogP contribution in [0.2, 0.25) is 5.02 Å². The Morgan fingerprint density at radius 1 is 1.21 bits per heavy atom. The van der Waals surface area contributed by atoms with Crippen molar-refractivity contribution in [2.24, 2.45) is 0 Å². The second-order valence-electron chi connectivity index (χ2n) is 5.83. The average molecular weight is 407 g/mol. The predicted molar refractivity (Wildman–Crippen MR) is 110 cm³/mol. The van der Waals surface area contributed by atoms with Crippen LogP contribution in [0.5, 0.6) is 5.75 Å². The van der Waals surface area contributed by atoms with E-state index in [0.29, 0.717) is 39.9 Å². The van der Waals surface area contributed by atoms with Crippen LogP contribution in [0.1, 0.15) is 15.9 Å². The van der Waals surface area contributed by atoms with Gasteiger partial charge in [-0.2, -0.15) is 5.26 Å². The van der Waals surface area contributed by atoms with Crippen molar-refractivity contribution >= 4 is 41.1 Å². The molecule has 0 aliphatic heterocycles. The molecule has 2 amide bonds. The Kier molecular flexibility index (Phi) is 6.07. The molecule has 1 N–H and O–H groups in total. The third-order valence-corrected chi connectivity index (χ3v) is 4.28. The number of amides is 2. The van der Waals surface area contributed by atoms with Crippen molar-refractivity contribution in [2.45, 2.75) is 0 Å². The highest BCUT2D eigenvalue weighted by atomic mass is 35.5. The van der Waals surface area contributed by atoms with Crippen LogP contribution in [0.15, 0.2) is 60.8 Å². The second-order valence-corrected chi connectivity index (χ2v) is 6.27. The quantitative estimate of drug-likeness (QED) is 0.620. The normalized spacial score (nSPS) is 9.97. The van der Waals surface area contributed by atoms with E-state index < -0.39 is 5.91 Å². The van der Waals surface area contributed by atoms with Gasteiger partial charge >= 0.3 is 0 Å². The van der Waals surface area contributed by atoms with Crippen LogP contribution in [0, 0.1) is 11.3 Å². The minimum Gasteiger partial charge on any atom is -0.497 e. The molecule has 0 aliphatic carbocycles. The number of nitrogens with zero attached hydrogens (tertiary/aromatic N) is 3. The van der Waals surface area contributed by atoms with Gasteiger partial charge in [-0.3, -0.25) is 14.5 Å². The molecule has 0 radical (unpaired) electrons. The highest BCUT2D eigenvalue weighted by Gasteiger charge is 2.19. The maximum absolute atomic E-state index is 12.9. The first kappa shape index (κ1) is 19.9. The number of pyridine rings is 1. The van der Waals surface area contributed by atoms with Gasteiger partial charge in [0.2, 0.25) is 6.41 Å². The Morgan fingerprint density at radius 3 is 2.55 bits per heavy atom. The van der Waals surface area contributed by atoms with Gasteiger partial charge in [-0.25, -0.2) is 4.98 Å². The van der Waals surface area contributed by atoms with Gasteiger partial charge in [0.25, 0.3) is 5.91 Å². The van der Waals surface area contributed by atoms with Gasteiger partial charge in [0, 0.05) is 11.9 Å². The van der Waals surface area contributed by atoms with Gasteiger partial charge in [0.15, 0.2) is 0 Å². The number of carbonyl (C=O) groups excluding carboxylic acids is 2. The van der Waals surface area contributed by atoms with E-state index in [9.17, 15) is 9.59 Å². The molecule has 8 heteroatoms. The van der Waals surface area contributed by atoms with Crippen molar-refractivity contribution in [3.63, 3.8) is 0 Å². The fourth-order valence-electron chi connectivity index (χ4n) is 2.62. The zero-order valence-corrected chi connectivity index (χ0v) is 16.1. The molecule has 0 saturated carbocycles. The van der Waals surface area contributed by atoms with Crippen molar-refractivity contribution in [2.75, 3.05) is 17.3 Å². The SMILES string of the molecule is COc1ccc(N(C=O)c2ccc(C#N)cc2)c(C(=O)Nc2ccc(Cl)cn2)c1. The summed E-state index contributed by atoms with van der Waals surface area (Å²) in [5, 5.41) is 12.1. The fourth-order valence-corrected chi connectivity index (χ4v) is 2.73. The van der Waals surface area contributed by atoms with Crippen molar-refractivity contribution < 1.29 is 14.3 Å². The Morgan fingerprint density at radius 2 is 1.97 bits per heavy atom. The number of ether oxygens (including phenoxy) is 1. The summed E-state index contributed by atoms with van der Waals surface area (Å²) >= 11 is 5.82. The molecule has 2 aromatic carbocycles. The number of hydrogen-bond acceptors (Lipinski definition) is 5. The summed E-state index contributed by atoms with van der Waals surface area (Å²) in [7, 11) is 1.48. The summed E-state index contributed by atoms with van der Waals surface area (Å²) in [6.45, 7) is 0. The van der Waals surface area contributed by atoms with E-state index in [1.807, 2.05) is 6.07 Å². The third-order valence-electron chi connectivity index (χ3n) is 4.06. The molecule has 3 aromatic rings. The maximum Gasteiger partial charge on any atom is 0.259 e. The molecule has 0 unspecified atom stereocenters. The molecule has 144 valence electrons. The number of nitriles is 1. The lowest BCUT2D eigenvalue weighted by atomic mass is 10.1. The molecule has 0 fully saturated rings. The second kappa shape index (κ2) is 8.87. The van der Waals surface area contributed by atoms with Crippen molar-refractivity contribution in [3.05, 3.63) is 76.9 Å². The van der Waals surface area contributed by atoms with Gasteiger partial charge in [0.1, 0.15) is 11.6 Å². The maximum atomic E-state index is 12.9. The molecular weight excluding hydrogens is 392 g/mol. The minimum absolute atomic E-state index is 0.206. The van der Waals surface area contributed by atoms with E-state index in [0.717, 1.165) is 0 Å². The monoisotopic (exact) mass is 406 g/mol. The van der Waals surface area contributed by atoms with Crippen LogP contribution < -0.4 is 15.0 Å². The lowest BCUT2D eigenvalue weighted by Crippen LogP contribution is -2.21. The molecule has 29 heavy (non-hydrogen) atoms. The Labute approximate surface area is 172 Å². The summed E-state index contributed by atoms with van der Waals surface area (Å²) in [6, 6.07) is 16.4. The van der Waals surface area contributed by atoms with Crippen LogP contribution in [0.3, 0.4) is 0 Å². The molecular formula is C21H15ClN4O3. The first-order valence-corrected chi connectivity index (χ1v) is 8.79. The molecule has 0 spiro atoms. The number of aromatic nitrogens is 1. The number of methoxy groups -OCH3 is 1. The van der Waals surface area contributed by atoms with E-state index >= 15 is 0 Å². The Hall–Kier alpha value is -3.89. The standard InChI is InChI=1S/C21H15ClN4O3/c1-29-17-7-8-19(26(13-27)16-5-2-14(11-23)3-6-16)18(10-17)21(28)25-20-9-4-15(22)12-24-20/h2-10,12-13H,1H3,(H,24,25,28). The van der Waals surface area contributed by atoms with Crippen LogP contribution in [-0.2, 0) is 4.79 Å². The first-order valence-electron chi connectivity index (χ1n) is 8.41. The summed E-state index contributed by atoms with van der Waals surface area (Å²) in [6.07, 6.45) is 2.01. The molecule has 0 bridgehead atoms. The Bertz CT molecular complexity index is 1080. The van der Waals surface area contributed by atoms with Crippen LogP contribution >= 0.6 is 11.6 Å². The zero-order chi connectivity index (χ0) is 20.8. The highest BCUT2D eigenvalue weighted by molar-refractivity contribution is 6.30. The molecule has 7 nitrogen and oxygen atoms in total. The average Bonchev–Trinajstić information content (AvgIpc) is 2.76. The fraction of sp³-hybridized carbons (Fsp3) is 0.0476. The first-order chi connectivity index (χ1) is 14.0. The van der Waals surface area contributed by atoms with E-state index in [-0.39, 0.29) is 5.56 Å². The van der Waals surface area contributed by atoms with Gasteiger partial charge in [-0.05, 0) is 54.6 Å². The zero-order valence-electron chi connectivity index (χ0n) is 15.3. The van der Waals surface area contributed by atoms with E-state index in [1.54, 1.807) is 48.5 Å². The Balaban J connectivity index is 2.01. The molecule has 0 atom stereocenters. The number of rotatable bonds is 6. The lowest BCUT2D eigenvalue weighted by molar-refractivity contribution is -0.106. The number of carbonyl (C=O) groups is 2. The number of hydrogen-bond donors (Lipinski definition) is 1. The lowest BCUT2D eigenvalue weighted by Gasteiger charge is -2.21. The molecule has 0 saturated heterocycles. The van der Waals surface area contributed by atoms with Crippen molar-refractivity contribution in [1.29, 1.82) is 5.26 Å². The number of anilines is 3. The van der Waals surface area contributed by atoms with Crippen LogP contribution in [0.4, 0.5) is 17.2 Å². The van der Waals surface area contributed by atoms with Crippen LogP contribution in [-0.4, -0.2) is 24.4 Å². The smallest absolute Gasteiger partial charge is 0.259 e. The molecule has 1 heterocycles. The minimum atomic E-state index is -0.478. The number of benzene rings is 2. The van der Waals surface area contributed by atoms with Gasteiger partial charge in [0.05, 0.1) is 35.0 Å². The summed E-state index contributed by atoms with van der Waals surface area (Å²) < 4.78 is 5.22. The topological polar surface area (TPSA) is 95.3 Å².